The van der Waals surface area contributed by atoms with E-state index in [0.29, 0.717) is 17.1 Å². The van der Waals surface area contributed by atoms with Crippen LogP contribution in [0.1, 0.15) is 16.7 Å². The van der Waals surface area contributed by atoms with Crippen LogP contribution < -0.4 is 14.8 Å². The van der Waals surface area contributed by atoms with Gasteiger partial charge in [0.05, 0.1) is 19.8 Å². The quantitative estimate of drug-likeness (QED) is 0.519. The maximum atomic E-state index is 12.5. The van der Waals surface area contributed by atoms with E-state index in [4.69, 9.17) is 14.2 Å². The van der Waals surface area contributed by atoms with Gasteiger partial charge in [-0.15, -0.1) is 0 Å². The number of ether oxygens (including phenoxy) is 3. The van der Waals surface area contributed by atoms with Crippen molar-refractivity contribution in [3.05, 3.63) is 65.2 Å². The van der Waals surface area contributed by atoms with Crippen LogP contribution in [0.5, 0.6) is 11.5 Å². The van der Waals surface area contributed by atoms with E-state index in [9.17, 15) is 22.8 Å². The normalized spacial score (nSPS) is 11.2. The van der Waals surface area contributed by atoms with Crippen LogP contribution in [0, 0.1) is 0 Å². The van der Waals surface area contributed by atoms with Gasteiger partial charge >= 0.3 is 12.1 Å². The predicted molar refractivity (Wildman–Crippen MR) is 103 cm³/mol. The minimum absolute atomic E-state index is 0.193. The lowest BCUT2D eigenvalue weighted by Gasteiger charge is -2.10. The molecule has 2 aromatic carbocycles. The third kappa shape index (κ3) is 6.84. The second-order valence-corrected chi connectivity index (χ2v) is 6.03. The van der Waals surface area contributed by atoms with E-state index >= 15 is 0 Å². The molecular formula is C21H20F3NO5. The van der Waals surface area contributed by atoms with Crippen LogP contribution in [-0.2, 0) is 27.0 Å². The number of carbonyl (C=O) groups is 2. The van der Waals surface area contributed by atoms with Crippen LogP contribution in [0.2, 0.25) is 0 Å². The largest absolute Gasteiger partial charge is 0.493 e. The standard InChI is InChI=1S/C21H20F3NO5/c1-28-17-9-5-15(11-18(17)29-2)12-25-19(26)13-30-20(27)10-6-14-3-7-16(8-4-14)21(22,23)24/h3-11H,12-13H2,1-2H3,(H,25,26)/b10-6+. The average Bonchev–Trinajstić information content (AvgIpc) is 2.74. The summed E-state index contributed by atoms with van der Waals surface area (Å²) in [5.41, 5.74) is 0.362. The van der Waals surface area contributed by atoms with E-state index < -0.39 is 30.2 Å². The van der Waals surface area contributed by atoms with Crippen molar-refractivity contribution < 1.29 is 37.0 Å². The molecule has 0 aromatic heterocycles. The number of methoxy groups -OCH3 is 2. The van der Waals surface area contributed by atoms with Crippen molar-refractivity contribution in [2.75, 3.05) is 20.8 Å². The molecule has 6 nitrogen and oxygen atoms in total. The van der Waals surface area contributed by atoms with Gasteiger partial charge in [0, 0.05) is 12.6 Å². The summed E-state index contributed by atoms with van der Waals surface area (Å²) >= 11 is 0. The van der Waals surface area contributed by atoms with Crippen LogP contribution in [0.25, 0.3) is 6.08 Å². The van der Waals surface area contributed by atoms with Crippen LogP contribution in [0.3, 0.4) is 0 Å². The summed E-state index contributed by atoms with van der Waals surface area (Å²) in [6.45, 7) is -0.304. The Balaban J connectivity index is 1.79. The highest BCUT2D eigenvalue weighted by molar-refractivity contribution is 5.89. The molecule has 0 atom stereocenters. The van der Waals surface area contributed by atoms with Crippen LogP contribution in [0.15, 0.2) is 48.5 Å². The molecular weight excluding hydrogens is 403 g/mol. The average molecular weight is 423 g/mol. The number of hydrogen-bond donors (Lipinski definition) is 1. The van der Waals surface area contributed by atoms with Gasteiger partial charge in [-0.25, -0.2) is 4.79 Å². The van der Waals surface area contributed by atoms with Gasteiger partial charge in [0.25, 0.3) is 5.91 Å². The van der Waals surface area contributed by atoms with Crippen molar-refractivity contribution in [3.63, 3.8) is 0 Å². The van der Waals surface area contributed by atoms with Crippen molar-refractivity contribution in [1.82, 2.24) is 5.32 Å². The van der Waals surface area contributed by atoms with Crippen molar-refractivity contribution in [3.8, 4) is 11.5 Å². The lowest BCUT2D eigenvalue weighted by molar-refractivity contribution is -0.143. The Morgan fingerprint density at radius 3 is 2.27 bits per heavy atom. The zero-order chi connectivity index (χ0) is 22.1. The summed E-state index contributed by atoms with van der Waals surface area (Å²) in [5, 5.41) is 2.59. The Hall–Kier alpha value is -3.49. The number of hydrogen-bond acceptors (Lipinski definition) is 5. The Bertz CT molecular complexity index is 908. The summed E-state index contributed by atoms with van der Waals surface area (Å²) in [7, 11) is 3.01. The first-order chi connectivity index (χ1) is 14.2. The number of alkyl halides is 3. The van der Waals surface area contributed by atoms with E-state index in [1.54, 1.807) is 18.2 Å². The molecule has 0 saturated heterocycles. The predicted octanol–water partition coefficient (Wildman–Crippen LogP) is 3.60. The molecule has 0 spiro atoms. The fourth-order valence-corrected chi connectivity index (χ4v) is 2.37. The molecule has 160 valence electrons. The number of nitrogens with one attached hydrogen (secondary N) is 1. The minimum Gasteiger partial charge on any atom is -0.493 e. The zero-order valence-electron chi connectivity index (χ0n) is 16.3. The fraction of sp³-hybridized carbons (Fsp3) is 0.238. The minimum atomic E-state index is -4.43. The Morgan fingerprint density at radius 2 is 1.67 bits per heavy atom. The molecule has 0 saturated carbocycles. The second kappa shape index (κ2) is 10.3. The summed E-state index contributed by atoms with van der Waals surface area (Å²) in [6.07, 6.45) is -2.10. The molecule has 0 unspecified atom stereocenters. The molecule has 30 heavy (non-hydrogen) atoms. The zero-order valence-corrected chi connectivity index (χ0v) is 16.3. The van der Waals surface area contributed by atoms with Gasteiger partial charge in [0.1, 0.15) is 0 Å². The molecule has 0 aliphatic carbocycles. The van der Waals surface area contributed by atoms with Gasteiger partial charge in [-0.3, -0.25) is 4.79 Å². The Kier molecular flexibility index (Phi) is 7.85. The summed E-state index contributed by atoms with van der Waals surface area (Å²) < 4.78 is 52.7. The van der Waals surface area contributed by atoms with Gasteiger partial charge < -0.3 is 19.5 Å². The fourth-order valence-electron chi connectivity index (χ4n) is 2.37. The molecule has 1 amide bonds. The van der Waals surface area contributed by atoms with Gasteiger partial charge in [-0.1, -0.05) is 18.2 Å². The van der Waals surface area contributed by atoms with Crippen molar-refractivity contribution in [2.24, 2.45) is 0 Å². The van der Waals surface area contributed by atoms with Crippen LogP contribution >= 0.6 is 0 Å². The summed E-state index contributed by atoms with van der Waals surface area (Å²) in [4.78, 5) is 23.5. The highest BCUT2D eigenvalue weighted by Gasteiger charge is 2.29. The van der Waals surface area contributed by atoms with Gasteiger partial charge in [0.2, 0.25) is 0 Å². The SMILES string of the molecule is COc1ccc(CNC(=O)COC(=O)/C=C/c2ccc(C(F)(F)F)cc2)cc1OC. The Morgan fingerprint density at radius 1 is 1.00 bits per heavy atom. The third-order valence-corrected chi connectivity index (χ3v) is 3.93. The molecule has 0 aliphatic rings. The molecule has 9 heteroatoms. The lowest BCUT2D eigenvalue weighted by Crippen LogP contribution is -2.28. The van der Waals surface area contributed by atoms with Crippen LogP contribution in [-0.4, -0.2) is 32.7 Å². The third-order valence-electron chi connectivity index (χ3n) is 3.93. The van der Waals surface area contributed by atoms with E-state index in [-0.39, 0.29) is 6.54 Å². The van der Waals surface area contributed by atoms with E-state index in [2.05, 4.69) is 5.32 Å². The molecule has 2 aromatic rings. The molecule has 0 aliphatic heterocycles. The van der Waals surface area contributed by atoms with Crippen molar-refractivity contribution in [2.45, 2.75) is 12.7 Å². The van der Waals surface area contributed by atoms with Crippen molar-refractivity contribution >= 4 is 18.0 Å². The van der Waals surface area contributed by atoms with Crippen LogP contribution in [0.4, 0.5) is 13.2 Å². The van der Waals surface area contributed by atoms with Gasteiger partial charge in [-0.2, -0.15) is 13.2 Å². The molecule has 0 bridgehead atoms. The van der Waals surface area contributed by atoms with Gasteiger partial charge in [-0.05, 0) is 41.5 Å². The Labute approximate surface area is 171 Å². The van der Waals surface area contributed by atoms with Crippen molar-refractivity contribution in [1.29, 1.82) is 0 Å². The smallest absolute Gasteiger partial charge is 0.416 e. The highest BCUT2D eigenvalue weighted by Crippen LogP contribution is 2.29. The molecule has 0 radical (unpaired) electrons. The monoisotopic (exact) mass is 423 g/mol. The molecule has 0 heterocycles. The number of rotatable bonds is 8. The first-order valence-corrected chi connectivity index (χ1v) is 8.72. The molecule has 2 rings (SSSR count). The number of esters is 1. The van der Waals surface area contributed by atoms with Gasteiger partial charge in [0.15, 0.2) is 18.1 Å². The van der Waals surface area contributed by atoms with E-state index in [1.165, 1.54) is 32.4 Å². The number of amides is 1. The lowest BCUT2D eigenvalue weighted by atomic mass is 10.1. The maximum absolute atomic E-state index is 12.5. The topological polar surface area (TPSA) is 73.9 Å². The molecule has 0 fully saturated rings. The number of benzene rings is 2. The maximum Gasteiger partial charge on any atom is 0.416 e. The summed E-state index contributed by atoms with van der Waals surface area (Å²) in [5.74, 6) is -0.234. The number of carbonyl (C=O) groups excluding carboxylic acids is 2. The first kappa shape index (κ1) is 22.8. The van der Waals surface area contributed by atoms with E-state index in [0.717, 1.165) is 23.8 Å². The second-order valence-electron chi connectivity index (χ2n) is 6.03. The first-order valence-electron chi connectivity index (χ1n) is 8.72. The summed E-state index contributed by atoms with van der Waals surface area (Å²) in [6, 6.07) is 9.43. The van der Waals surface area contributed by atoms with E-state index in [1.807, 2.05) is 0 Å². The highest BCUT2D eigenvalue weighted by atomic mass is 19.4. The molecule has 1 N–H and O–H groups in total. The number of halogens is 3.